The van der Waals surface area contributed by atoms with Crippen LogP contribution < -0.4 is 21.3 Å². The summed E-state index contributed by atoms with van der Waals surface area (Å²) in [5.41, 5.74) is 1.28. The summed E-state index contributed by atoms with van der Waals surface area (Å²) in [4.78, 5) is 43.9. The molecule has 9 heteroatoms. The number of H-pyrrole nitrogens is 1. The summed E-state index contributed by atoms with van der Waals surface area (Å²) in [6, 6.07) is 7.57. The molecule has 1 amide bonds. The molecule has 0 saturated carbocycles. The number of nitrogens with zero attached hydrogens (tertiary/aromatic N) is 3. The molecule has 29 heavy (non-hydrogen) atoms. The molecule has 0 bridgehead atoms. The Morgan fingerprint density at radius 2 is 2.03 bits per heavy atom. The SMILES string of the molecule is Cn1c(=O)c2[nH]c(CCCNC(=O)C3=Cc4ccccc4OC3)nc2n(C)c1=O. The van der Waals surface area contributed by atoms with Crippen molar-refractivity contribution >= 4 is 23.1 Å². The number of imidazole rings is 1. The number of carbonyl (C=O) groups is 1. The molecular weight excluding hydrogens is 374 g/mol. The van der Waals surface area contributed by atoms with Gasteiger partial charge < -0.3 is 15.0 Å². The molecule has 3 aromatic rings. The fourth-order valence-electron chi connectivity index (χ4n) is 3.31. The van der Waals surface area contributed by atoms with Crippen molar-refractivity contribution in [1.82, 2.24) is 24.4 Å². The molecule has 0 atom stereocenters. The van der Waals surface area contributed by atoms with Gasteiger partial charge in [-0.15, -0.1) is 0 Å². The van der Waals surface area contributed by atoms with Crippen LogP contribution in [-0.2, 0) is 25.3 Å². The summed E-state index contributed by atoms with van der Waals surface area (Å²) >= 11 is 0. The molecule has 4 rings (SSSR count). The van der Waals surface area contributed by atoms with E-state index in [1.807, 2.05) is 30.3 Å². The van der Waals surface area contributed by atoms with Crippen LogP contribution in [0.15, 0.2) is 39.4 Å². The second-order valence-electron chi connectivity index (χ2n) is 6.94. The Hall–Kier alpha value is -3.62. The lowest BCUT2D eigenvalue weighted by atomic mass is 10.1. The second kappa shape index (κ2) is 7.42. The Bertz CT molecular complexity index is 1250. The fraction of sp³-hybridized carbons (Fsp3) is 0.300. The van der Waals surface area contributed by atoms with Crippen LogP contribution in [0, 0.1) is 0 Å². The maximum Gasteiger partial charge on any atom is 0.332 e. The van der Waals surface area contributed by atoms with Gasteiger partial charge in [-0.05, 0) is 18.6 Å². The summed E-state index contributed by atoms with van der Waals surface area (Å²) in [7, 11) is 3.01. The van der Waals surface area contributed by atoms with Crippen LogP contribution in [0.4, 0.5) is 0 Å². The molecule has 0 aliphatic carbocycles. The maximum absolute atomic E-state index is 12.4. The number of hydrogen-bond donors (Lipinski definition) is 2. The minimum Gasteiger partial charge on any atom is -0.488 e. The van der Waals surface area contributed by atoms with E-state index in [0.29, 0.717) is 41.9 Å². The number of rotatable bonds is 5. The largest absolute Gasteiger partial charge is 0.488 e. The van der Waals surface area contributed by atoms with Gasteiger partial charge in [0.2, 0.25) is 0 Å². The quantitative estimate of drug-likeness (QED) is 0.611. The Morgan fingerprint density at radius 3 is 2.86 bits per heavy atom. The second-order valence-corrected chi connectivity index (χ2v) is 6.94. The number of para-hydroxylation sites is 1. The normalized spacial score (nSPS) is 13.0. The molecule has 2 aromatic heterocycles. The van der Waals surface area contributed by atoms with Crippen molar-refractivity contribution in [1.29, 1.82) is 0 Å². The zero-order valence-electron chi connectivity index (χ0n) is 16.2. The molecule has 1 aromatic carbocycles. The van der Waals surface area contributed by atoms with Crippen LogP contribution in [0.3, 0.4) is 0 Å². The van der Waals surface area contributed by atoms with E-state index in [0.717, 1.165) is 15.9 Å². The highest BCUT2D eigenvalue weighted by Crippen LogP contribution is 2.25. The van der Waals surface area contributed by atoms with Crippen molar-refractivity contribution in [3.05, 3.63) is 62.1 Å². The monoisotopic (exact) mass is 395 g/mol. The van der Waals surface area contributed by atoms with Gasteiger partial charge in [-0.25, -0.2) is 9.78 Å². The minimum absolute atomic E-state index is 0.166. The Morgan fingerprint density at radius 1 is 1.24 bits per heavy atom. The smallest absolute Gasteiger partial charge is 0.332 e. The van der Waals surface area contributed by atoms with Crippen molar-refractivity contribution in [2.75, 3.05) is 13.2 Å². The summed E-state index contributed by atoms with van der Waals surface area (Å²) in [5.74, 6) is 1.21. The molecule has 1 aliphatic rings. The molecule has 0 saturated heterocycles. The molecule has 0 spiro atoms. The highest BCUT2D eigenvalue weighted by Gasteiger charge is 2.17. The minimum atomic E-state index is -0.419. The number of amides is 1. The summed E-state index contributed by atoms with van der Waals surface area (Å²) < 4.78 is 7.99. The van der Waals surface area contributed by atoms with Crippen LogP contribution in [0.25, 0.3) is 17.2 Å². The van der Waals surface area contributed by atoms with Gasteiger partial charge in [-0.1, -0.05) is 18.2 Å². The number of hydrogen-bond acceptors (Lipinski definition) is 5. The van der Waals surface area contributed by atoms with E-state index in [4.69, 9.17) is 4.74 Å². The van der Waals surface area contributed by atoms with Crippen molar-refractivity contribution in [3.63, 3.8) is 0 Å². The topological polar surface area (TPSA) is 111 Å². The predicted molar refractivity (Wildman–Crippen MR) is 108 cm³/mol. The Kier molecular flexibility index (Phi) is 4.79. The first-order valence-corrected chi connectivity index (χ1v) is 9.31. The highest BCUT2D eigenvalue weighted by molar-refractivity contribution is 5.99. The Balaban J connectivity index is 1.38. The number of fused-ring (bicyclic) bond motifs is 2. The molecule has 3 heterocycles. The van der Waals surface area contributed by atoms with Gasteiger partial charge in [-0.3, -0.25) is 18.7 Å². The number of aromatic nitrogens is 4. The van der Waals surface area contributed by atoms with Crippen molar-refractivity contribution in [3.8, 4) is 5.75 Å². The first-order chi connectivity index (χ1) is 14.0. The van der Waals surface area contributed by atoms with Gasteiger partial charge in [0, 0.05) is 32.6 Å². The molecule has 0 radical (unpaired) electrons. The predicted octanol–water partition coefficient (Wildman–Crippen LogP) is 0.485. The number of ether oxygens (including phenoxy) is 1. The van der Waals surface area contributed by atoms with E-state index in [9.17, 15) is 14.4 Å². The van der Waals surface area contributed by atoms with E-state index < -0.39 is 11.2 Å². The van der Waals surface area contributed by atoms with Gasteiger partial charge in [-0.2, -0.15) is 0 Å². The molecule has 9 nitrogen and oxygen atoms in total. The molecule has 1 aliphatic heterocycles. The van der Waals surface area contributed by atoms with Crippen LogP contribution in [-0.4, -0.2) is 38.2 Å². The van der Waals surface area contributed by atoms with Crippen molar-refractivity contribution < 1.29 is 9.53 Å². The molecule has 0 unspecified atom stereocenters. The number of aryl methyl sites for hydroxylation is 2. The third-order valence-electron chi connectivity index (χ3n) is 4.94. The standard InChI is InChI=1S/C20H21N5O4/c1-24-17-16(19(27)25(2)20(24)28)22-15(23-17)8-5-9-21-18(26)13-10-12-6-3-4-7-14(12)29-11-13/h3-4,6-7,10H,5,8-9,11H2,1-2H3,(H,21,26)(H,22,23). The van der Waals surface area contributed by atoms with E-state index in [-0.39, 0.29) is 12.5 Å². The first-order valence-electron chi connectivity index (χ1n) is 9.31. The first kappa shape index (κ1) is 18.7. The fourth-order valence-corrected chi connectivity index (χ4v) is 3.31. The number of nitrogens with one attached hydrogen (secondary N) is 2. The molecule has 0 fully saturated rings. The number of benzene rings is 1. The lowest BCUT2D eigenvalue weighted by Gasteiger charge is -2.17. The molecule has 150 valence electrons. The zero-order chi connectivity index (χ0) is 20.5. The summed E-state index contributed by atoms with van der Waals surface area (Å²) in [5, 5.41) is 2.88. The lowest BCUT2D eigenvalue weighted by Crippen LogP contribution is -2.36. The van der Waals surface area contributed by atoms with Crippen LogP contribution in [0.1, 0.15) is 17.8 Å². The van der Waals surface area contributed by atoms with Crippen molar-refractivity contribution in [2.24, 2.45) is 14.1 Å². The van der Waals surface area contributed by atoms with Crippen molar-refractivity contribution in [2.45, 2.75) is 12.8 Å². The number of aromatic amines is 1. The van der Waals surface area contributed by atoms with Crippen LogP contribution in [0.5, 0.6) is 5.75 Å². The van der Waals surface area contributed by atoms with Gasteiger partial charge in [0.15, 0.2) is 5.65 Å². The average molecular weight is 395 g/mol. The van der Waals surface area contributed by atoms with Crippen LogP contribution >= 0.6 is 0 Å². The van der Waals surface area contributed by atoms with E-state index in [2.05, 4.69) is 15.3 Å². The third-order valence-corrected chi connectivity index (χ3v) is 4.94. The zero-order valence-corrected chi connectivity index (χ0v) is 16.2. The van der Waals surface area contributed by atoms with Gasteiger partial charge in [0.25, 0.3) is 11.5 Å². The van der Waals surface area contributed by atoms with E-state index >= 15 is 0 Å². The highest BCUT2D eigenvalue weighted by atomic mass is 16.5. The number of carbonyl (C=O) groups excluding carboxylic acids is 1. The molecular formula is C20H21N5O4. The van der Waals surface area contributed by atoms with E-state index in [1.165, 1.54) is 11.6 Å². The summed E-state index contributed by atoms with van der Waals surface area (Å²) in [6.45, 7) is 0.690. The summed E-state index contributed by atoms with van der Waals surface area (Å²) in [6.07, 6.45) is 3.00. The van der Waals surface area contributed by atoms with E-state index in [1.54, 1.807) is 7.05 Å². The third kappa shape index (κ3) is 3.46. The van der Waals surface area contributed by atoms with Gasteiger partial charge in [0.05, 0.1) is 5.57 Å². The Labute approximate surface area is 165 Å². The molecule has 2 N–H and O–H groups in total. The van der Waals surface area contributed by atoms with Gasteiger partial charge in [0.1, 0.15) is 23.7 Å². The maximum atomic E-state index is 12.4. The lowest BCUT2D eigenvalue weighted by molar-refractivity contribution is -0.117. The van der Waals surface area contributed by atoms with Gasteiger partial charge >= 0.3 is 5.69 Å². The van der Waals surface area contributed by atoms with Crippen LogP contribution in [0.2, 0.25) is 0 Å². The average Bonchev–Trinajstić information content (AvgIpc) is 3.17.